The first-order valence-corrected chi connectivity index (χ1v) is 4.83. The van der Waals surface area contributed by atoms with Crippen LogP contribution in [-0.2, 0) is 14.3 Å². The second-order valence-corrected chi connectivity index (χ2v) is 3.17. The van der Waals surface area contributed by atoms with Crippen molar-refractivity contribution >= 4 is 11.9 Å². The van der Waals surface area contributed by atoms with Crippen molar-refractivity contribution in [3.63, 3.8) is 0 Å². The number of nitriles is 1. The van der Waals surface area contributed by atoms with E-state index in [-0.39, 0.29) is 24.8 Å². The number of ether oxygens (including phenoxy) is 1. The molecule has 0 bridgehead atoms. The quantitative estimate of drug-likeness (QED) is 0.624. The maximum atomic E-state index is 11.4. The van der Waals surface area contributed by atoms with E-state index >= 15 is 0 Å². The Kier molecular flexibility index (Phi) is 6.11. The number of rotatable bonds is 5. The van der Waals surface area contributed by atoms with Crippen LogP contribution in [0.5, 0.6) is 0 Å². The third-order valence-corrected chi connectivity index (χ3v) is 1.90. The van der Waals surface area contributed by atoms with Crippen molar-refractivity contribution in [3.05, 3.63) is 0 Å². The number of nitrogens with zero attached hydrogens (tertiary/aromatic N) is 2. The second kappa shape index (κ2) is 6.82. The van der Waals surface area contributed by atoms with Gasteiger partial charge in [0.1, 0.15) is 5.92 Å². The molecule has 0 aromatic heterocycles. The van der Waals surface area contributed by atoms with E-state index < -0.39 is 5.92 Å². The molecule has 15 heavy (non-hydrogen) atoms. The van der Waals surface area contributed by atoms with Crippen LogP contribution in [0.4, 0.5) is 0 Å². The van der Waals surface area contributed by atoms with Crippen LogP contribution in [0, 0.1) is 17.2 Å². The summed E-state index contributed by atoms with van der Waals surface area (Å²) in [5.41, 5.74) is 0. The molecule has 5 nitrogen and oxygen atoms in total. The number of amides is 1. The summed E-state index contributed by atoms with van der Waals surface area (Å²) in [6, 6.07) is 1.85. The Hall–Kier alpha value is -1.57. The minimum Gasteiger partial charge on any atom is -0.466 e. The largest absolute Gasteiger partial charge is 0.466 e. The predicted molar refractivity (Wildman–Crippen MR) is 53.7 cm³/mol. The van der Waals surface area contributed by atoms with Gasteiger partial charge >= 0.3 is 5.97 Å². The second-order valence-electron chi connectivity index (χ2n) is 3.17. The minimum atomic E-state index is -0.669. The molecule has 5 heteroatoms. The van der Waals surface area contributed by atoms with Gasteiger partial charge in [-0.1, -0.05) is 0 Å². The fraction of sp³-hybridized carbons (Fsp3) is 0.700. The first-order valence-electron chi connectivity index (χ1n) is 4.83. The molecule has 0 rings (SSSR count). The van der Waals surface area contributed by atoms with Crippen LogP contribution in [0.2, 0.25) is 0 Å². The summed E-state index contributed by atoms with van der Waals surface area (Å²) < 4.78 is 4.72. The van der Waals surface area contributed by atoms with Gasteiger partial charge < -0.3 is 9.64 Å². The summed E-state index contributed by atoms with van der Waals surface area (Å²) in [4.78, 5) is 23.7. The smallest absolute Gasteiger partial charge is 0.307 e. The third kappa shape index (κ3) is 5.01. The summed E-state index contributed by atoms with van der Waals surface area (Å²) in [5, 5.41) is 8.53. The van der Waals surface area contributed by atoms with E-state index in [2.05, 4.69) is 0 Å². The Labute approximate surface area is 89.6 Å². The van der Waals surface area contributed by atoms with Crippen LogP contribution >= 0.6 is 0 Å². The summed E-state index contributed by atoms with van der Waals surface area (Å²) in [6.45, 7) is 3.88. The Bertz CT molecular complexity index is 270. The van der Waals surface area contributed by atoms with Crippen molar-refractivity contribution in [1.82, 2.24) is 4.90 Å². The van der Waals surface area contributed by atoms with E-state index in [1.165, 1.54) is 11.8 Å². The molecule has 0 aliphatic carbocycles. The molecule has 0 radical (unpaired) electrons. The number of carbonyl (C=O) groups excluding carboxylic acids is 2. The summed E-state index contributed by atoms with van der Waals surface area (Å²) >= 11 is 0. The third-order valence-electron chi connectivity index (χ3n) is 1.90. The van der Waals surface area contributed by atoms with Crippen molar-refractivity contribution < 1.29 is 14.3 Å². The van der Waals surface area contributed by atoms with Gasteiger partial charge in [0.15, 0.2) is 0 Å². The topological polar surface area (TPSA) is 70.4 Å². The van der Waals surface area contributed by atoms with Gasteiger partial charge in [0.05, 0.1) is 19.1 Å². The molecular formula is C10H16N2O3. The molecule has 84 valence electrons. The van der Waals surface area contributed by atoms with Crippen LogP contribution in [0.3, 0.4) is 0 Å². The average Bonchev–Trinajstić information content (AvgIpc) is 2.24. The SMILES string of the molecule is CCOC(=O)CCN(C)C(=O)C(C)C#N. The van der Waals surface area contributed by atoms with E-state index in [1.54, 1.807) is 14.0 Å². The fourth-order valence-electron chi connectivity index (χ4n) is 0.988. The Morgan fingerprint density at radius 3 is 2.60 bits per heavy atom. The molecule has 0 aromatic carbocycles. The number of esters is 1. The van der Waals surface area contributed by atoms with Crippen molar-refractivity contribution in [2.24, 2.45) is 5.92 Å². The average molecular weight is 212 g/mol. The standard InChI is InChI=1S/C10H16N2O3/c1-4-15-9(13)5-6-12(3)10(14)8(2)7-11/h8H,4-6H2,1-3H3. The Balaban J connectivity index is 3.94. The van der Waals surface area contributed by atoms with Crippen LogP contribution < -0.4 is 0 Å². The Morgan fingerprint density at radius 2 is 2.13 bits per heavy atom. The zero-order valence-electron chi connectivity index (χ0n) is 9.32. The molecule has 0 saturated carbocycles. The molecule has 1 amide bonds. The molecule has 1 unspecified atom stereocenters. The van der Waals surface area contributed by atoms with Crippen molar-refractivity contribution in [3.8, 4) is 6.07 Å². The zero-order valence-corrected chi connectivity index (χ0v) is 9.32. The van der Waals surface area contributed by atoms with Gasteiger partial charge in [-0.2, -0.15) is 5.26 Å². The van der Waals surface area contributed by atoms with Gasteiger partial charge in [-0.3, -0.25) is 9.59 Å². The van der Waals surface area contributed by atoms with Gasteiger partial charge in [-0.15, -0.1) is 0 Å². The maximum absolute atomic E-state index is 11.4. The minimum absolute atomic E-state index is 0.161. The van der Waals surface area contributed by atoms with Gasteiger partial charge in [-0.05, 0) is 13.8 Å². The first-order chi connectivity index (χ1) is 7.02. The van der Waals surface area contributed by atoms with Crippen molar-refractivity contribution in [2.45, 2.75) is 20.3 Å². The lowest BCUT2D eigenvalue weighted by molar-refractivity contribution is -0.144. The molecule has 0 aliphatic heterocycles. The molecular weight excluding hydrogens is 196 g/mol. The van der Waals surface area contributed by atoms with E-state index in [9.17, 15) is 9.59 Å². The summed E-state index contributed by atoms with van der Waals surface area (Å²) in [5.74, 6) is -1.28. The molecule has 1 atom stereocenters. The monoisotopic (exact) mass is 212 g/mol. The molecule has 0 saturated heterocycles. The van der Waals surface area contributed by atoms with E-state index in [0.717, 1.165) is 0 Å². The van der Waals surface area contributed by atoms with Crippen LogP contribution in [0.25, 0.3) is 0 Å². The van der Waals surface area contributed by atoms with E-state index in [0.29, 0.717) is 6.61 Å². The Morgan fingerprint density at radius 1 is 1.53 bits per heavy atom. The fourth-order valence-corrected chi connectivity index (χ4v) is 0.988. The summed E-state index contributed by atoms with van der Waals surface area (Å²) in [6.07, 6.45) is 0.161. The van der Waals surface area contributed by atoms with Crippen LogP contribution in [0.1, 0.15) is 20.3 Å². The number of hydrogen-bond donors (Lipinski definition) is 0. The van der Waals surface area contributed by atoms with Gasteiger partial charge in [0.2, 0.25) is 5.91 Å². The lowest BCUT2D eigenvalue weighted by atomic mass is 10.2. The number of hydrogen-bond acceptors (Lipinski definition) is 4. The molecule has 0 spiro atoms. The highest BCUT2D eigenvalue weighted by Crippen LogP contribution is 2.00. The highest BCUT2D eigenvalue weighted by atomic mass is 16.5. The van der Waals surface area contributed by atoms with E-state index in [4.69, 9.17) is 10.00 Å². The molecule has 0 N–H and O–H groups in total. The molecule has 0 fully saturated rings. The molecule has 0 aliphatic rings. The van der Waals surface area contributed by atoms with Crippen LogP contribution in [0.15, 0.2) is 0 Å². The molecule has 0 heterocycles. The zero-order chi connectivity index (χ0) is 11.8. The van der Waals surface area contributed by atoms with Crippen molar-refractivity contribution in [1.29, 1.82) is 5.26 Å². The van der Waals surface area contributed by atoms with Gasteiger partial charge in [0.25, 0.3) is 0 Å². The van der Waals surface area contributed by atoms with Crippen LogP contribution in [-0.4, -0.2) is 37.0 Å². The van der Waals surface area contributed by atoms with Gasteiger partial charge in [-0.25, -0.2) is 0 Å². The number of carbonyl (C=O) groups is 2. The predicted octanol–water partition coefficient (Wildman–Crippen LogP) is 0.558. The summed E-state index contributed by atoms with van der Waals surface area (Å²) in [7, 11) is 1.56. The highest BCUT2D eigenvalue weighted by Gasteiger charge is 2.17. The van der Waals surface area contributed by atoms with Gasteiger partial charge in [0, 0.05) is 13.6 Å². The lowest BCUT2D eigenvalue weighted by Crippen LogP contribution is -2.33. The van der Waals surface area contributed by atoms with E-state index in [1.807, 2.05) is 6.07 Å². The molecule has 0 aromatic rings. The normalized spacial score (nSPS) is 11.3. The van der Waals surface area contributed by atoms with Crippen molar-refractivity contribution in [2.75, 3.05) is 20.2 Å². The first kappa shape index (κ1) is 13.4. The highest BCUT2D eigenvalue weighted by molar-refractivity contribution is 5.81. The maximum Gasteiger partial charge on any atom is 0.307 e. The lowest BCUT2D eigenvalue weighted by Gasteiger charge is -2.17.